The summed E-state index contributed by atoms with van der Waals surface area (Å²) in [5, 5.41) is 5.47. The lowest BCUT2D eigenvalue weighted by Gasteiger charge is -1.98. The van der Waals surface area contributed by atoms with Crippen LogP contribution in [0.25, 0.3) is 0 Å². The van der Waals surface area contributed by atoms with Gasteiger partial charge in [0.05, 0.1) is 0 Å². The highest BCUT2D eigenvalue weighted by Gasteiger charge is 1.95. The molecule has 1 N–H and O–H groups in total. The average Bonchev–Trinajstić information content (AvgIpc) is 2.45. The molecule has 72 valence electrons. The Morgan fingerprint density at radius 2 is 2.38 bits per heavy atom. The van der Waals surface area contributed by atoms with Gasteiger partial charge in [0.15, 0.2) is 0 Å². The Kier molecular flexibility index (Phi) is 4.70. The minimum absolute atomic E-state index is 0.956. The van der Waals surface area contributed by atoms with E-state index in [0.717, 1.165) is 13.1 Å². The van der Waals surface area contributed by atoms with Crippen LogP contribution in [0.15, 0.2) is 27.6 Å². The molecule has 0 radical (unpaired) electrons. The van der Waals surface area contributed by atoms with E-state index in [4.69, 9.17) is 0 Å². The smallest absolute Gasteiger partial charge is 0.0303 e. The van der Waals surface area contributed by atoms with E-state index in [1.54, 1.807) is 11.3 Å². The lowest BCUT2D eigenvalue weighted by atomic mass is 10.3. The molecule has 1 aromatic rings. The molecule has 0 saturated heterocycles. The van der Waals surface area contributed by atoms with Crippen molar-refractivity contribution in [1.82, 2.24) is 5.32 Å². The van der Waals surface area contributed by atoms with Crippen molar-refractivity contribution in [2.45, 2.75) is 20.4 Å². The quantitative estimate of drug-likeness (QED) is 0.644. The summed E-state index contributed by atoms with van der Waals surface area (Å²) in [6, 6.07) is 2.15. The monoisotopic (exact) mass is 259 g/mol. The maximum atomic E-state index is 3.44. The van der Waals surface area contributed by atoms with Gasteiger partial charge in [-0.1, -0.05) is 11.6 Å². The highest BCUT2D eigenvalue weighted by atomic mass is 79.9. The second-order valence-electron chi connectivity index (χ2n) is 3.14. The first-order chi connectivity index (χ1) is 6.18. The fourth-order valence-electron chi connectivity index (χ4n) is 0.918. The van der Waals surface area contributed by atoms with Crippen molar-refractivity contribution in [3.05, 3.63) is 32.4 Å². The SMILES string of the molecule is CC(C)=CCNCc1cc(Br)cs1. The van der Waals surface area contributed by atoms with E-state index in [0.29, 0.717) is 0 Å². The molecule has 0 spiro atoms. The predicted octanol–water partition coefficient (Wildman–Crippen LogP) is 3.57. The minimum Gasteiger partial charge on any atom is -0.308 e. The van der Waals surface area contributed by atoms with Crippen LogP contribution in [0.4, 0.5) is 0 Å². The molecule has 0 atom stereocenters. The van der Waals surface area contributed by atoms with Gasteiger partial charge in [0.2, 0.25) is 0 Å². The first kappa shape index (κ1) is 11.0. The van der Waals surface area contributed by atoms with Gasteiger partial charge >= 0.3 is 0 Å². The fraction of sp³-hybridized carbons (Fsp3) is 0.400. The predicted molar refractivity (Wildman–Crippen MR) is 63.2 cm³/mol. The summed E-state index contributed by atoms with van der Waals surface area (Å²) in [5.41, 5.74) is 1.36. The van der Waals surface area contributed by atoms with Crippen molar-refractivity contribution in [2.24, 2.45) is 0 Å². The molecule has 1 nitrogen and oxygen atoms in total. The molecule has 0 aliphatic heterocycles. The van der Waals surface area contributed by atoms with E-state index in [1.165, 1.54) is 14.9 Å². The number of nitrogens with one attached hydrogen (secondary N) is 1. The first-order valence-electron chi connectivity index (χ1n) is 4.25. The number of halogens is 1. The van der Waals surface area contributed by atoms with Crippen LogP contribution in [0, 0.1) is 0 Å². The van der Waals surface area contributed by atoms with E-state index in [-0.39, 0.29) is 0 Å². The van der Waals surface area contributed by atoms with Crippen LogP contribution in [0.1, 0.15) is 18.7 Å². The molecule has 0 aliphatic carbocycles. The number of allylic oxidation sites excluding steroid dienone is 1. The topological polar surface area (TPSA) is 12.0 Å². The minimum atomic E-state index is 0.956. The number of thiophene rings is 1. The Morgan fingerprint density at radius 3 is 2.92 bits per heavy atom. The van der Waals surface area contributed by atoms with Gasteiger partial charge in [0.25, 0.3) is 0 Å². The number of hydrogen-bond acceptors (Lipinski definition) is 2. The van der Waals surface area contributed by atoms with Crippen molar-refractivity contribution in [2.75, 3.05) is 6.54 Å². The van der Waals surface area contributed by atoms with Gasteiger partial charge in [-0.2, -0.15) is 0 Å². The molecule has 0 amide bonds. The average molecular weight is 260 g/mol. The zero-order chi connectivity index (χ0) is 9.68. The molecular weight excluding hydrogens is 246 g/mol. The Labute approximate surface area is 92.0 Å². The van der Waals surface area contributed by atoms with Crippen LogP contribution < -0.4 is 5.32 Å². The summed E-state index contributed by atoms with van der Waals surface area (Å²) in [5.74, 6) is 0. The van der Waals surface area contributed by atoms with Crippen LogP contribution >= 0.6 is 27.3 Å². The maximum absolute atomic E-state index is 3.44. The third-order valence-electron chi connectivity index (χ3n) is 1.58. The number of hydrogen-bond donors (Lipinski definition) is 1. The summed E-state index contributed by atoms with van der Waals surface area (Å²) in [7, 11) is 0. The van der Waals surface area contributed by atoms with E-state index in [1.807, 2.05) is 0 Å². The van der Waals surface area contributed by atoms with Gasteiger partial charge < -0.3 is 5.32 Å². The lowest BCUT2D eigenvalue weighted by Crippen LogP contribution is -2.11. The first-order valence-corrected chi connectivity index (χ1v) is 5.93. The Morgan fingerprint density at radius 1 is 1.62 bits per heavy atom. The van der Waals surface area contributed by atoms with Crippen molar-refractivity contribution >= 4 is 27.3 Å². The van der Waals surface area contributed by atoms with E-state index in [2.05, 4.69) is 52.6 Å². The number of rotatable bonds is 4. The van der Waals surface area contributed by atoms with Crippen LogP contribution in [-0.4, -0.2) is 6.54 Å². The fourth-order valence-corrected chi connectivity index (χ4v) is 2.34. The van der Waals surface area contributed by atoms with Crippen LogP contribution in [-0.2, 0) is 6.54 Å². The Bertz CT molecular complexity index is 287. The molecule has 0 bridgehead atoms. The molecule has 0 fully saturated rings. The normalized spacial score (nSPS) is 10.1. The van der Waals surface area contributed by atoms with Crippen molar-refractivity contribution in [3.63, 3.8) is 0 Å². The van der Waals surface area contributed by atoms with Gasteiger partial charge in [0, 0.05) is 27.8 Å². The largest absolute Gasteiger partial charge is 0.308 e. The Balaban J connectivity index is 2.24. The van der Waals surface area contributed by atoms with Gasteiger partial charge in [-0.05, 0) is 35.8 Å². The molecular formula is C10H14BrNS. The van der Waals surface area contributed by atoms with E-state index < -0.39 is 0 Å². The third kappa shape index (κ3) is 4.60. The van der Waals surface area contributed by atoms with E-state index in [9.17, 15) is 0 Å². The molecule has 3 heteroatoms. The highest BCUT2D eigenvalue weighted by Crippen LogP contribution is 2.19. The molecule has 1 aromatic heterocycles. The van der Waals surface area contributed by atoms with Gasteiger partial charge in [0.1, 0.15) is 0 Å². The van der Waals surface area contributed by atoms with Gasteiger partial charge in [-0.25, -0.2) is 0 Å². The van der Waals surface area contributed by atoms with Gasteiger partial charge in [-0.15, -0.1) is 11.3 Å². The van der Waals surface area contributed by atoms with Crippen LogP contribution in [0.5, 0.6) is 0 Å². The highest BCUT2D eigenvalue weighted by molar-refractivity contribution is 9.10. The summed E-state index contributed by atoms with van der Waals surface area (Å²) < 4.78 is 1.18. The summed E-state index contributed by atoms with van der Waals surface area (Å²) in [6.45, 7) is 6.14. The molecule has 1 rings (SSSR count). The second-order valence-corrected chi connectivity index (χ2v) is 5.06. The van der Waals surface area contributed by atoms with Crippen molar-refractivity contribution in [1.29, 1.82) is 0 Å². The summed E-state index contributed by atoms with van der Waals surface area (Å²) in [6.07, 6.45) is 2.20. The zero-order valence-electron chi connectivity index (χ0n) is 7.93. The molecule has 13 heavy (non-hydrogen) atoms. The molecule has 0 unspecified atom stereocenters. The Hall–Kier alpha value is -0.120. The summed E-state index contributed by atoms with van der Waals surface area (Å²) >= 11 is 5.21. The maximum Gasteiger partial charge on any atom is 0.0303 e. The van der Waals surface area contributed by atoms with Crippen molar-refractivity contribution < 1.29 is 0 Å². The third-order valence-corrected chi connectivity index (χ3v) is 3.27. The van der Waals surface area contributed by atoms with Crippen molar-refractivity contribution in [3.8, 4) is 0 Å². The standard InChI is InChI=1S/C10H14BrNS/c1-8(2)3-4-12-6-10-5-9(11)7-13-10/h3,5,7,12H,4,6H2,1-2H3. The van der Waals surface area contributed by atoms with Gasteiger partial charge in [-0.3, -0.25) is 0 Å². The molecule has 0 aliphatic rings. The summed E-state index contributed by atoms with van der Waals surface area (Å²) in [4.78, 5) is 1.37. The zero-order valence-corrected chi connectivity index (χ0v) is 10.3. The lowest BCUT2D eigenvalue weighted by molar-refractivity contribution is 0.767. The van der Waals surface area contributed by atoms with E-state index >= 15 is 0 Å². The molecule has 0 aromatic carbocycles. The van der Waals surface area contributed by atoms with Crippen LogP contribution in [0.3, 0.4) is 0 Å². The second kappa shape index (κ2) is 5.58. The van der Waals surface area contributed by atoms with Crippen LogP contribution in [0.2, 0.25) is 0 Å². The molecule has 1 heterocycles. The molecule has 0 saturated carbocycles.